The molecule has 2 aromatic heterocycles. The molecule has 1 atom stereocenters. The van der Waals surface area contributed by atoms with Gasteiger partial charge in [0, 0.05) is 15.6 Å². The topological polar surface area (TPSA) is 48.4 Å². The summed E-state index contributed by atoms with van der Waals surface area (Å²) in [5.74, 6) is 1.61. The molecule has 0 aliphatic heterocycles. The molecule has 3 rings (SSSR count). The van der Waals surface area contributed by atoms with E-state index in [9.17, 15) is 0 Å². The summed E-state index contributed by atoms with van der Waals surface area (Å²) in [6.07, 6.45) is 0. The first-order valence-corrected chi connectivity index (χ1v) is 6.52. The van der Waals surface area contributed by atoms with Crippen LogP contribution in [0.5, 0.6) is 5.75 Å². The van der Waals surface area contributed by atoms with E-state index in [1.165, 1.54) is 0 Å². The highest BCUT2D eigenvalue weighted by Gasteiger charge is 2.16. The Hall–Kier alpha value is -1.78. The Morgan fingerprint density at radius 3 is 2.83 bits per heavy atom. The van der Waals surface area contributed by atoms with Crippen molar-refractivity contribution in [3.05, 3.63) is 52.4 Å². The summed E-state index contributed by atoms with van der Waals surface area (Å²) in [5.41, 5.74) is 7.08. The van der Waals surface area contributed by atoms with Crippen molar-refractivity contribution < 1.29 is 9.15 Å². The Kier molecular flexibility index (Phi) is 2.81. The van der Waals surface area contributed by atoms with E-state index >= 15 is 0 Å². The third-order valence-electron chi connectivity index (χ3n) is 2.89. The van der Waals surface area contributed by atoms with Gasteiger partial charge in [0.05, 0.1) is 13.2 Å². The van der Waals surface area contributed by atoms with E-state index in [-0.39, 0.29) is 6.04 Å². The van der Waals surface area contributed by atoms with E-state index in [1.54, 1.807) is 18.4 Å². The second-order valence-corrected chi connectivity index (χ2v) is 5.00. The van der Waals surface area contributed by atoms with Gasteiger partial charge < -0.3 is 14.9 Å². The van der Waals surface area contributed by atoms with Crippen molar-refractivity contribution in [2.24, 2.45) is 5.73 Å². The fourth-order valence-corrected chi connectivity index (χ4v) is 2.76. The number of nitrogens with two attached hydrogens (primary N) is 1. The molecular weight excluding hydrogens is 246 g/mol. The van der Waals surface area contributed by atoms with Gasteiger partial charge in [0.25, 0.3) is 0 Å². The van der Waals surface area contributed by atoms with Crippen molar-refractivity contribution in [2.75, 3.05) is 7.11 Å². The molecule has 0 amide bonds. The number of hydrogen-bond acceptors (Lipinski definition) is 4. The number of benzene rings is 1. The van der Waals surface area contributed by atoms with Gasteiger partial charge in [0.2, 0.25) is 0 Å². The lowest BCUT2D eigenvalue weighted by Crippen LogP contribution is -2.08. The minimum absolute atomic E-state index is 0.244. The number of furan rings is 1. The SMILES string of the molecule is COc1csc(C(N)c2cc3ccccc3o2)c1. The molecule has 92 valence electrons. The molecule has 0 bridgehead atoms. The first-order valence-electron chi connectivity index (χ1n) is 5.64. The van der Waals surface area contributed by atoms with Gasteiger partial charge in [-0.2, -0.15) is 0 Å². The van der Waals surface area contributed by atoms with Gasteiger partial charge in [-0.15, -0.1) is 11.3 Å². The summed E-state index contributed by atoms with van der Waals surface area (Å²) in [5, 5.41) is 3.02. The van der Waals surface area contributed by atoms with Crippen LogP contribution >= 0.6 is 11.3 Å². The highest BCUT2D eigenvalue weighted by atomic mass is 32.1. The summed E-state index contributed by atoms with van der Waals surface area (Å²) < 4.78 is 10.9. The Morgan fingerprint density at radius 1 is 1.28 bits per heavy atom. The summed E-state index contributed by atoms with van der Waals surface area (Å²) in [7, 11) is 1.65. The Labute approximate surface area is 109 Å². The van der Waals surface area contributed by atoms with Crippen LogP contribution in [0.3, 0.4) is 0 Å². The molecule has 2 heterocycles. The van der Waals surface area contributed by atoms with Gasteiger partial charge >= 0.3 is 0 Å². The molecular formula is C14H13NO2S. The van der Waals surface area contributed by atoms with Crippen LogP contribution in [0.4, 0.5) is 0 Å². The molecule has 0 aliphatic carbocycles. The smallest absolute Gasteiger partial charge is 0.134 e. The maximum absolute atomic E-state index is 6.21. The lowest BCUT2D eigenvalue weighted by atomic mass is 10.2. The first kappa shape index (κ1) is 11.3. The van der Waals surface area contributed by atoms with E-state index in [0.717, 1.165) is 27.4 Å². The maximum atomic E-state index is 6.21. The molecule has 0 saturated carbocycles. The van der Waals surface area contributed by atoms with Crippen LogP contribution in [0.1, 0.15) is 16.7 Å². The molecule has 0 aliphatic rings. The average Bonchev–Trinajstić information content (AvgIpc) is 3.04. The van der Waals surface area contributed by atoms with Crippen LogP contribution in [0.2, 0.25) is 0 Å². The monoisotopic (exact) mass is 259 g/mol. The standard InChI is InChI=1S/C14H13NO2S/c1-16-10-7-13(18-8-10)14(15)12-6-9-4-2-3-5-11(9)17-12/h2-8,14H,15H2,1H3. The number of hydrogen-bond donors (Lipinski definition) is 1. The zero-order chi connectivity index (χ0) is 12.5. The molecule has 1 unspecified atom stereocenters. The number of fused-ring (bicyclic) bond motifs is 1. The number of methoxy groups -OCH3 is 1. The largest absolute Gasteiger partial charge is 0.496 e. The van der Waals surface area contributed by atoms with Crippen LogP contribution in [0, 0.1) is 0 Å². The highest BCUT2D eigenvalue weighted by molar-refractivity contribution is 7.10. The summed E-state index contributed by atoms with van der Waals surface area (Å²) in [6, 6.07) is 11.6. The summed E-state index contributed by atoms with van der Waals surface area (Å²) in [6.45, 7) is 0. The van der Waals surface area contributed by atoms with Gasteiger partial charge in [-0.3, -0.25) is 0 Å². The van der Waals surface area contributed by atoms with E-state index in [0.29, 0.717) is 0 Å². The van der Waals surface area contributed by atoms with Crippen LogP contribution in [0.15, 0.2) is 46.2 Å². The van der Waals surface area contributed by atoms with Crippen molar-refractivity contribution in [2.45, 2.75) is 6.04 Å². The molecule has 0 spiro atoms. The minimum Gasteiger partial charge on any atom is -0.496 e. The van der Waals surface area contributed by atoms with E-state index in [2.05, 4.69) is 0 Å². The zero-order valence-corrected chi connectivity index (χ0v) is 10.7. The third-order valence-corrected chi connectivity index (χ3v) is 3.88. The molecule has 0 saturated heterocycles. The van der Waals surface area contributed by atoms with Crippen LogP contribution in [0.25, 0.3) is 11.0 Å². The molecule has 3 aromatic rings. The van der Waals surface area contributed by atoms with Crippen LogP contribution < -0.4 is 10.5 Å². The Bertz CT molecular complexity index is 638. The van der Waals surface area contributed by atoms with E-state index < -0.39 is 0 Å². The second-order valence-electron chi connectivity index (χ2n) is 4.05. The second kappa shape index (κ2) is 4.48. The van der Waals surface area contributed by atoms with Crippen molar-refractivity contribution in [1.82, 2.24) is 0 Å². The number of para-hydroxylation sites is 1. The van der Waals surface area contributed by atoms with Gasteiger partial charge in [0.15, 0.2) is 0 Å². The van der Waals surface area contributed by atoms with E-state index in [1.807, 2.05) is 41.8 Å². The van der Waals surface area contributed by atoms with Gasteiger partial charge in [-0.1, -0.05) is 18.2 Å². The Morgan fingerprint density at radius 2 is 2.11 bits per heavy atom. The van der Waals surface area contributed by atoms with Gasteiger partial charge in [-0.25, -0.2) is 0 Å². The molecule has 0 radical (unpaired) electrons. The van der Waals surface area contributed by atoms with Crippen molar-refractivity contribution >= 4 is 22.3 Å². The van der Waals surface area contributed by atoms with Gasteiger partial charge in [0.1, 0.15) is 17.1 Å². The minimum atomic E-state index is -0.244. The maximum Gasteiger partial charge on any atom is 0.134 e. The fourth-order valence-electron chi connectivity index (χ4n) is 1.90. The number of rotatable bonds is 3. The normalized spacial score (nSPS) is 12.8. The first-order chi connectivity index (χ1) is 8.78. The Balaban J connectivity index is 1.98. The van der Waals surface area contributed by atoms with Gasteiger partial charge in [-0.05, 0) is 18.2 Å². The van der Waals surface area contributed by atoms with Crippen LogP contribution in [-0.4, -0.2) is 7.11 Å². The average molecular weight is 259 g/mol. The predicted octanol–water partition coefficient (Wildman–Crippen LogP) is 3.55. The molecule has 0 fully saturated rings. The number of thiophene rings is 1. The highest BCUT2D eigenvalue weighted by Crippen LogP contribution is 2.32. The molecule has 3 nitrogen and oxygen atoms in total. The lowest BCUT2D eigenvalue weighted by Gasteiger charge is -2.04. The number of ether oxygens (including phenoxy) is 1. The van der Waals surface area contributed by atoms with Crippen molar-refractivity contribution in [3.63, 3.8) is 0 Å². The molecule has 18 heavy (non-hydrogen) atoms. The quantitative estimate of drug-likeness (QED) is 0.782. The van der Waals surface area contributed by atoms with Crippen LogP contribution in [-0.2, 0) is 0 Å². The zero-order valence-electron chi connectivity index (χ0n) is 9.92. The predicted molar refractivity (Wildman–Crippen MR) is 73.1 cm³/mol. The van der Waals surface area contributed by atoms with E-state index in [4.69, 9.17) is 14.9 Å². The molecule has 1 aromatic carbocycles. The van der Waals surface area contributed by atoms with Crippen molar-refractivity contribution in [3.8, 4) is 5.75 Å². The molecule has 4 heteroatoms. The lowest BCUT2D eigenvalue weighted by molar-refractivity contribution is 0.416. The summed E-state index contributed by atoms with van der Waals surface area (Å²) in [4.78, 5) is 1.03. The molecule has 2 N–H and O–H groups in total. The van der Waals surface area contributed by atoms with Crippen molar-refractivity contribution in [1.29, 1.82) is 0 Å². The fraction of sp³-hybridized carbons (Fsp3) is 0.143. The third kappa shape index (κ3) is 1.89. The summed E-state index contributed by atoms with van der Waals surface area (Å²) >= 11 is 1.58.